The summed E-state index contributed by atoms with van der Waals surface area (Å²) in [6.07, 6.45) is 0.505. The molecule has 1 unspecified atom stereocenters. The average Bonchev–Trinajstić information content (AvgIpc) is 3.14. The van der Waals surface area contributed by atoms with Crippen molar-refractivity contribution in [1.82, 2.24) is 14.6 Å². The van der Waals surface area contributed by atoms with Gasteiger partial charge in [-0.3, -0.25) is 9.20 Å². The van der Waals surface area contributed by atoms with Gasteiger partial charge in [0.2, 0.25) is 6.10 Å². The molecule has 2 aromatic carbocycles. The number of ether oxygens (including phenoxy) is 1. The number of benzene rings is 2. The second-order valence-electron chi connectivity index (χ2n) is 6.94. The van der Waals surface area contributed by atoms with Gasteiger partial charge in [-0.15, -0.1) is 10.2 Å². The summed E-state index contributed by atoms with van der Waals surface area (Å²) in [7, 11) is 0. The molecule has 0 saturated carbocycles. The number of rotatable bonds is 5. The number of fused-ring (bicyclic) bond motifs is 1. The lowest BCUT2D eigenvalue weighted by Gasteiger charge is -2.18. The molecule has 30 heavy (non-hydrogen) atoms. The molecule has 0 saturated heterocycles. The van der Waals surface area contributed by atoms with Gasteiger partial charge in [-0.2, -0.15) is 0 Å². The standard InChI is InChI=1S/C23H20N4O3/c1-15-8-11-19(12-9-15)24-22(28)21(17-6-4-3-5-7-17)30-23(29)18-10-13-20-26-25-16(2)27(20)14-18/h3-14,21H,1-2H3,(H,24,28). The first-order valence-electron chi connectivity index (χ1n) is 9.46. The predicted molar refractivity (Wildman–Crippen MR) is 112 cm³/mol. The van der Waals surface area contributed by atoms with Crippen LogP contribution in [0.25, 0.3) is 5.65 Å². The predicted octanol–water partition coefficient (Wildman–Crippen LogP) is 3.88. The maximum atomic E-state index is 13.0. The van der Waals surface area contributed by atoms with Crippen LogP contribution in [0.5, 0.6) is 0 Å². The fourth-order valence-corrected chi connectivity index (χ4v) is 3.05. The zero-order valence-corrected chi connectivity index (χ0v) is 16.6. The fraction of sp³-hybridized carbons (Fsp3) is 0.130. The van der Waals surface area contributed by atoms with Crippen LogP contribution in [0.15, 0.2) is 72.9 Å². The smallest absolute Gasteiger partial charge is 0.340 e. The molecule has 1 atom stereocenters. The summed E-state index contributed by atoms with van der Waals surface area (Å²) in [5.41, 5.74) is 3.22. The summed E-state index contributed by atoms with van der Waals surface area (Å²) >= 11 is 0. The Balaban J connectivity index is 1.60. The summed E-state index contributed by atoms with van der Waals surface area (Å²) in [6, 6.07) is 19.6. The summed E-state index contributed by atoms with van der Waals surface area (Å²) in [6.45, 7) is 3.76. The normalized spacial score (nSPS) is 11.8. The van der Waals surface area contributed by atoms with Crippen molar-refractivity contribution in [2.75, 3.05) is 5.32 Å². The molecular formula is C23H20N4O3. The van der Waals surface area contributed by atoms with E-state index < -0.39 is 18.0 Å². The van der Waals surface area contributed by atoms with Crippen molar-refractivity contribution in [3.8, 4) is 0 Å². The zero-order chi connectivity index (χ0) is 21.1. The van der Waals surface area contributed by atoms with Crippen LogP contribution in [0, 0.1) is 13.8 Å². The van der Waals surface area contributed by atoms with E-state index in [4.69, 9.17) is 4.74 Å². The minimum Gasteiger partial charge on any atom is -0.444 e. The zero-order valence-electron chi connectivity index (χ0n) is 16.6. The number of carbonyl (C=O) groups is 2. The van der Waals surface area contributed by atoms with Gasteiger partial charge >= 0.3 is 5.97 Å². The molecule has 0 aliphatic rings. The highest BCUT2D eigenvalue weighted by atomic mass is 16.5. The van der Waals surface area contributed by atoms with Crippen molar-refractivity contribution in [2.45, 2.75) is 20.0 Å². The molecule has 0 aliphatic carbocycles. The van der Waals surface area contributed by atoms with Crippen LogP contribution in [0.1, 0.15) is 33.4 Å². The lowest BCUT2D eigenvalue weighted by molar-refractivity contribution is -0.125. The molecule has 0 bridgehead atoms. The second-order valence-corrected chi connectivity index (χ2v) is 6.94. The van der Waals surface area contributed by atoms with Crippen molar-refractivity contribution in [2.24, 2.45) is 0 Å². The molecule has 2 aromatic heterocycles. The van der Waals surface area contributed by atoms with Gasteiger partial charge in [0.05, 0.1) is 5.56 Å². The van der Waals surface area contributed by atoms with Gasteiger partial charge in [0.15, 0.2) is 5.65 Å². The topological polar surface area (TPSA) is 85.6 Å². The summed E-state index contributed by atoms with van der Waals surface area (Å²) in [5, 5.41) is 10.8. The van der Waals surface area contributed by atoms with Gasteiger partial charge in [-0.1, -0.05) is 48.0 Å². The molecule has 2 heterocycles. The van der Waals surface area contributed by atoms with Gasteiger partial charge in [-0.05, 0) is 38.1 Å². The van der Waals surface area contributed by atoms with E-state index in [-0.39, 0.29) is 0 Å². The first-order valence-corrected chi connectivity index (χ1v) is 9.46. The van der Waals surface area contributed by atoms with E-state index >= 15 is 0 Å². The lowest BCUT2D eigenvalue weighted by Crippen LogP contribution is -2.26. The first kappa shape index (κ1) is 19.3. The Morgan fingerprint density at radius 2 is 1.67 bits per heavy atom. The van der Waals surface area contributed by atoms with Crippen LogP contribution in [0.4, 0.5) is 5.69 Å². The Morgan fingerprint density at radius 3 is 2.40 bits per heavy atom. The van der Waals surface area contributed by atoms with Crippen LogP contribution < -0.4 is 5.32 Å². The molecular weight excluding hydrogens is 380 g/mol. The quantitative estimate of drug-likeness (QED) is 0.514. The number of nitrogens with one attached hydrogen (secondary N) is 1. The molecule has 150 valence electrons. The van der Waals surface area contributed by atoms with E-state index in [0.29, 0.717) is 28.3 Å². The third kappa shape index (κ3) is 4.05. The number of pyridine rings is 1. The van der Waals surface area contributed by atoms with Crippen molar-refractivity contribution >= 4 is 23.2 Å². The third-order valence-corrected chi connectivity index (χ3v) is 4.69. The van der Waals surface area contributed by atoms with Crippen LogP contribution in [-0.2, 0) is 9.53 Å². The molecule has 7 nitrogen and oxygen atoms in total. The van der Waals surface area contributed by atoms with E-state index in [1.54, 1.807) is 66.1 Å². The fourth-order valence-electron chi connectivity index (χ4n) is 3.05. The van der Waals surface area contributed by atoms with Crippen LogP contribution in [0.3, 0.4) is 0 Å². The SMILES string of the molecule is Cc1ccc(NC(=O)C(OC(=O)c2ccc3nnc(C)n3c2)c2ccccc2)cc1. The summed E-state index contributed by atoms with van der Waals surface area (Å²) < 4.78 is 7.34. The number of hydrogen-bond donors (Lipinski definition) is 1. The summed E-state index contributed by atoms with van der Waals surface area (Å²) in [5.74, 6) is -0.394. The van der Waals surface area contributed by atoms with Gasteiger partial charge in [0.1, 0.15) is 5.82 Å². The van der Waals surface area contributed by atoms with E-state index in [0.717, 1.165) is 5.56 Å². The summed E-state index contributed by atoms with van der Waals surface area (Å²) in [4.78, 5) is 25.8. The van der Waals surface area contributed by atoms with E-state index in [2.05, 4.69) is 15.5 Å². The molecule has 1 amide bonds. The highest BCUT2D eigenvalue weighted by molar-refractivity contribution is 5.98. The number of hydrogen-bond acceptors (Lipinski definition) is 5. The van der Waals surface area contributed by atoms with Gasteiger partial charge in [0.25, 0.3) is 5.91 Å². The Kier molecular flexibility index (Phi) is 5.26. The lowest BCUT2D eigenvalue weighted by atomic mass is 10.1. The molecule has 0 radical (unpaired) electrons. The van der Waals surface area contributed by atoms with Gasteiger partial charge in [-0.25, -0.2) is 4.79 Å². The average molecular weight is 400 g/mol. The molecule has 0 spiro atoms. The molecule has 7 heteroatoms. The monoisotopic (exact) mass is 400 g/mol. The Labute approximate surface area is 173 Å². The molecule has 4 rings (SSSR count). The first-order chi connectivity index (χ1) is 14.5. The number of nitrogens with zero attached hydrogens (tertiary/aromatic N) is 3. The number of anilines is 1. The van der Waals surface area contributed by atoms with E-state index in [9.17, 15) is 9.59 Å². The van der Waals surface area contributed by atoms with Crippen LogP contribution in [0.2, 0.25) is 0 Å². The maximum Gasteiger partial charge on any atom is 0.340 e. The molecule has 0 aliphatic heterocycles. The van der Waals surface area contributed by atoms with E-state index in [1.807, 2.05) is 25.1 Å². The van der Waals surface area contributed by atoms with Crippen LogP contribution in [-0.4, -0.2) is 26.5 Å². The highest BCUT2D eigenvalue weighted by Crippen LogP contribution is 2.22. The maximum absolute atomic E-state index is 13.0. The number of carbonyl (C=O) groups excluding carboxylic acids is 2. The van der Waals surface area contributed by atoms with Crippen molar-refractivity contribution < 1.29 is 14.3 Å². The van der Waals surface area contributed by atoms with Crippen molar-refractivity contribution in [1.29, 1.82) is 0 Å². The second kappa shape index (κ2) is 8.16. The van der Waals surface area contributed by atoms with Crippen LogP contribution >= 0.6 is 0 Å². The highest BCUT2D eigenvalue weighted by Gasteiger charge is 2.26. The van der Waals surface area contributed by atoms with Gasteiger partial charge < -0.3 is 10.1 Å². The number of aromatic nitrogens is 3. The minimum absolute atomic E-state index is 0.300. The van der Waals surface area contributed by atoms with E-state index in [1.165, 1.54) is 0 Å². The Bertz CT molecular complexity index is 1200. The number of esters is 1. The molecule has 1 N–H and O–H groups in total. The number of amides is 1. The molecule has 0 fully saturated rings. The minimum atomic E-state index is -1.10. The third-order valence-electron chi connectivity index (χ3n) is 4.69. The molecule has 4 aromatic rings. The van der Waals surface area contributed by atoms with Gasteiger partial charge in [0, 0.05) is 17.4 Å². The Morgan fingerprint density at radius 1 is 0.933 bits per heavy atom. The van der Waals surface area contributed by atoms with Crippen molar-refractivity contribution in [3.05, 3.63) is 95.4 Å². The largest absolute Gasteiger partial charge is 0.444 e. The number of aryl methyl sites for hydroxylation is 2. The van der Waals surface area contributed by atoms with Crippen molar-refractivity contribution in [3.63, 3.8) is 0 Å². The Hall–Kier alpha value is -4.00.